The third kappa shape index (κ3) is 2.33. The van der Waals surface area contributed by atoms with Crippen molar-refractivity contribution < 1.29 is 19.4 Å². The second-order valence-corrected chi connectivity index (χ2v) is 5.39. The number of fused-ring (bicyclic) bond motifs is 2. The van der Waals surface area contributed by atoms with Crippen molar-refractivity contribution in [3.8, 4) is 5.75 Å². The number of hydrogen-bond acceptors (Lipinski definition) is 3. The van der Waals surface area contributed by atoms with Crippen LogP contribution < -0.4 is 4.74 Å². The van der Waals surface area contributed by atoms with Gasteiger partial charge in [-0.2, -0.15) is 0 Å². The van der Waals surface area contributed by atoms with E-state index in [1.807, 2.05) is 0 Å². The maximum Gasteiger partial charge on any atom is 0.307 e. The largest absolute Gasteiger partial charge is 0.492 e. The van der Waals surface area contributed by atoms with Crippen LogP contribution in [0.3, 0.4) is 0 Å². The molecule has 0 amide bonds. The maximum absolute atomic E-state index is 12.6. The Balaban J connectivity index is 1.94. The molecule has 1 aliphatic carbocycles. The highest BCUT2D eigenvalue weighted by Crippen LogP contribution is 2.36. The second kappa shape index (κ2) is 5.12. The highest BCUT2D eigenvalue weighted by Gasteiger charge is 2.34. The first-order valence-corrected chi connectivity index (χ1v) is 6.82. The fourth-order valence-corrected chi connectivity index (χ4v) is 2.95. The summed E-state index contributed by atoms with van der Waals surface area (Å²) >= 11 is 0. The number of rotatable bonds is 2. The molecule has 1 aliphatic heterocycles. The average Bonchev–Trinajstić information content (AvgIpc) is 2.57. The number of carbonyl (C=O) groups is 2. The Morgan fingerprint density at radius 3 is 2.90 bits per heavy atom. The molecule has 1 aromatic rings. The summed E-state index contributed by atoms with van der Waals surface area (Å²) in [6, 6.07) is 5.09. The van der Waals surface area contributed by atoms with Crippen molar-refractivity contribution in [2.75, 3.05) is 6.61 Å². The van der Waals surface area contributed by atoms with Gasteiger partial charge in [-0.25, -0.2) is 0 Å². The molecule has 104 valence electrons. The third-order valence-electron chi connectivity index (χ3n) is 4.02. The van der Waals surface area contributed by atoms with Crippen molar-refractivity contribution in [1.82, 2.24) is 0 Å². The number of hydrogen-bond donors (Lipinski definition) is 1. The van der Waals surface area contributed by atoms with Crippen molar-refractivity contribution in [3.63, 3.8) is 0 Å². The summed E-state index contributed by atoms with van der Waals surface area (Å²) in [6.45, 7) is 0.518. The van der Waals surface area contributed by atoms with Gasteiger partial charge in [0.25, 0.3) is 0 Å². The van der Waals surface area contributed by atoms with Gasteiger partial charge in [-0.1, -0.05) is 18.2 Å². The van der Waals surface area contributed by atoms with E-state index in [-0.39, 0.29) is 24.0 Å². The van der Waals surface area contributed by atoms with Crippen LogP contribution in [0.4, 0.5) is 0 Å². The molecule has 2 aliphatic rings. The number of allylic oxidation sites excluding steroid dienone is 2. The molecule has 0 bridgehead atoms. The molecule has 0 fully saturated rings. The molecule has 0 saturated carbocycles. The van der Waals surface area contributed by atoms with Gasteiger partial charge in [-0.3, -0.25) is 9.59 Å². The molecule has 3 rings (SSSR count). The summed E-state index contributed by atoms with van der Waals surface area (Å²) in [5, 5.41) is 8.83. The van der Waals surface area contributed by atoms with E-state index in [0.29, 0.717) is 23.5 Å². The van der Waals surface area contributed by atoms with E-state index in [0.717, 1.165) is 12.8 Å². The zero-order chi connectivity index (χ0) is 14.1. The highest BCUT2D eigenvalue weighted by molar-refractivity contribution is 6.01. The number of Topliss-reactive ketones (excluding diaryl/α,β-unsaturated/α-hetero) is 1. The molecule has 0 radical (unpaired) electrons. The van der Waals surface area contributed by atoms with Crippen LogP contribution >= 0.6 is 0 Å². The molecule has 0 saturated heterocycles. The standard InChI is InChI=1S/C16H16O4/c17-15(18)8-10-5-6-13-14(7-10)20-9-11-3-1-2-4-12(11)16(13)19/h1-2,5-7,11-12H,3-4,8-9H2,(H,17,18). The third-order valence-corrected chi connectivity index (χ3v) is 4.02. The Hall–Kier alpha value is -2.10. The lowest BCUT2D eigenvalue weighted by molar-refractivity contribution is -0.136. The monoisotopic (exact) mass is 272 g/mol. The lowest BCUT2D eigenvalue weighted by atomic mass is 9.79. The minimum atomic E-state index is -0.886. The summed E-state index contributed by atoms with van der Waals surface area (Å²) in [6.07, 6.45) is 5.74. The number of benzene rings is 1. The Bertz CT molecular complexity index is 588. The Morgan fingerprint density at radius 1 is 1.30 bits per heavy atom. The SMILES string of the molecule is O=C(O)Cc1ccc2c(c1)OCC1CC=CCC1C2=O. The molecule has 0 spiro atoms. The van der Waals surface area contributed by atoms with Crippen LogP contribution in [0.2, 0.25) is 0 Å². The molecule has 0 aromatic heterocycles. The molecule has 4 heteroatoms. The number of aliphatic carboxylic acids is 1. The average molecular weight is 272 g/mol. The van der Waals surface area contributed by atoms with Crippen LogP contribution in [0.1, 0.15) is 28.8 Å². The zero-order valence-corrected chi connectivity index (χ0v) is 11.0. The molecule has 1 heterocycles. The van der Waals surface area contributed by atoms with Crippen LogP contribution in [-0.2, 0) is 11.2 Å². The first-order chi connectivity index (χ1) is 9.65. The molecule has 2 atom stereocenters. The smallest absolute Gasteiger partial charge is 0.307 e. The van der Waals surface area contributed by atoms with Crippen molar-refractivity contribution in [2.45, 2.75) is 19.3 Å². The van der Waals surface area contributed by atoms with Crippen LogP contribution in [0.25, 0.3) is 0 Å². The molecule has 20 heavy (non-hydrogen) atoms. The van der Waals surface area contributed by atoms with Gasteiger partial charge in [0.2, 0.25) is 0 Å². The van der Waals surface area contributed by atoms with E-state index in [2.05, 4.69) is 12.2 Å². The number of carboxylic acids is 1. The fraction of sp³-hybridized carbons (Fsp3) is 0.375. The molecule has 2 unspecified atom stereocenters. The number of ketones is 1. The van der Waals surface area contributed by atoms with Gasteiger partial charge in [0.05, 0.1) is 18.6 Å². The van der Waals surface area contributed by atoms with Gasteiger partial charge in [-0.15, -0.1) is 0 Å². The zero-order valence-electron chi connectivity index (χ0n) is 11.0. The lowest BCUT2D eigenvalue weighted by Gasteiger charge is -2.23. The van der Waals surface area contributed by atoms with Crippen molar-refractivity contribution in [1.29, 1.82) is 0 Å². The maximum atomic E-state index is 12.6. The van der Waals surface area contributed by atoms with Crippen LogP contribution in [0.15, 0.2) is 30.4 Å². The van der Waals surface area contributed by atoms with Crippen LogP contribution in [-0.4, -0.2) is 23.5 Å². The predicted molar refractivity (Wildman–Crippen MR) is 73.0 cm³/mol. The summed E-state index contributed by atoms with van der Waals surface area (Å²) < 4.78 is 5.76. The molecule has 1 aromatic carbocycles. The Labute approximate surface area is 117 Å². The van der Waals surface area contributed by atoms with Gasteiger partial charge in [0, 0.05) is 11.8 Å². The number of carboxylic acid groups (broad SMARTS) is 1. The molecule has 1 N–H and O–H groups in total. The Morgan fingerprint density at radius 2 is 2.10 bits per heavy atom. The van der Waals surface area contributed by atoms with E-state index in [1.165, 1.54) is 0 Å². The molecular weight excluding hydrogens is 256 g/mol. The lowest BCUT2D eigenvalue weighted by Crippen LogP contribution is -2.26. The van der Waals surface area contributed by atoms with E-state index in [4.69, 9.17) is 9.84 Å². The normalized spacial score (nSPS) is 24.3. The summed E-state index contributed by atoms with van der Waals surface area (Å²) in [4.78, 5) is 23.3. The van der Waals surface area contributed by atoms with Gasteiger partial charge in [0.1, 0.15) is 5.75 Å². The van der Waals surface area contributed by atoms with Gasteiger partial charge >= 0.3 is 5.97 Å². The highest BCUT2D eigenvalue weighted by atomic mass is 16.5. The molecule has 4 nitrogen and oxygen atoms in total. The van der Waals surface area contributed by atoms with E-state index in [9.17, 15) is 9.59 Å². The Kier molecular flexibility index (Phi) is 3.30. The van der Waals surface area contributed by atoms with Crippen molar-refractivity contribution in [3.05, 3.63) is 41.5 Å². The topological polar surface area (TPSA) is 63.6 Å². The van der Waals surface area contributed by atoms with Gasteiger partial charge in [0.15, 0.2) is 5.78 Å². The molecular formula is C16H16O4. The first-order valence-electron chi connectivity index (χ1n) is 6.82. The number of carbonyl (C=O) groups excluding carboxylic acids is 1. The second-order valence-electron chi connectivity index (χ2n) is 5.39. The van der Waals surface area contributed by atoms with Crippen molar-refractivity contribution >= 4 is 11.8 Å². The summed E-state index contributed by atoms with van der Waals surface area (Å²) in [5.74, 6) is -0.0194. The summed E-state index contributed by atoms with van der Waals surface area (Å²) in [5.41, 5.74) is 1.24. The van der Waals surface area contributed by atoms with Crippen LogP contribution in [0.5, 0.6) is 5.75 Å². The quantitative estimate of drug-likeness (QED) is 0.840. The van der Waals surface area contributed by atoms with E-state index < -0.39 is 5.97 Å². The number of ether oxygens (including phenoxy) is 1. The van der Waals surface area contributed by atoms with Gasteiger partial charge in [-0.05, 0) is 30.5 Å². The van der Waals surface area contributed by atoms with E-state index >= 15 is 0 Å². The van der Waals surface area contributed by atoms with Gasteiger partial charge < -0.3 is 9.84 Å². The van der Waals surface area contributed by atoms with E-state index in [1.54, 1.807) is 18.2 Å². The summed E-state index contributed by atoms with van der Waals surface area (Å²) in [7, 11) is 0. The van der Waals surface area contributed by atoms with Crippen LogP contribution in [0, 0.1) is 11.8 Å². The first kappa shape index (κ1) is 12.9. The minimum absolute atomic E-state index is 0.00780. The van der Waals surface area contributed by atoms with Crippen molar-refractivity contribution in [2.24, 2.45) is 11.8 Å². The predicted octanol–water partition coefficient (Wildman–Crippen LogP) is 2.47. The minimum Gasteiger partial charge on any atom is -0.492 e. The fourth-order valence-electron chi connectivity index (χ4n) is 2.95.